The van der Waals surface area contributed by atoms with Crippen molar-refractivity contribution < 1.29 is 53.4 Å². The van der Waals surface area contributed by atoms with E-state index in [9.17, 15) is 48.7 Å². The lowest BCUT2D eigenvalue weighted by atomic mass is 9.97. The minimum Gasteiger partial charge on any atom is -0.486 e. The van der Waals surface area contributed by atoms with Crippen LogP contribution < -0.4 is 18.7 Å². The lowest BCUT2D eigenvalue weighted by Gasteiger charge is -2.40. The van der Waals surface area contributed by atoms with Crippen LogP contribution in [0.1, 0.15) is 34.1 Å². The first-order chi connectivity index (χ1) is 18.5. The van der Waals surface area contributed by atoms with Gasteiger partial charge in [-0.3, -0.25) is 9.21 Å². The van der Waals surface area contributed by atoms with Gasteiger partial charge in [0.15, 0.2) is 11.6 Å². The maximum Gasteiger partial charge on any atom is 0.412 e. The Bertz CT molecular complexity index is 1560. The largest absolute Gasteiger partial charge is 0.486 e. The molecule has 3 rings (SSSR count). The fourth-order valence-electron chi connectivity index (χ4n) is 4.45. The standard InChI is InChI=1S/C24H28F5N3O7S2/c1-22(2,30-40(5,35)36)12-15-13-31(41(37,38)16-7-8-17(25)18(26)11-16)19-10-14(6-9-20(19)39-15)32(21(33)34)23(3,4)24(27,28)29/h6-11,15,30H,12-13H2,1-5H3,(H,33,34). The first kappa shape index (κ1) is 32.3. The molecular weight excluding hydrogens is 601 g/mol. The Labute approximate surface area is 233 Å². The number of alkyl halides is 3. The SMILES string of the molecule is CC(C)(CC1CN(S(=O)(=O)c2ccc(F)c(F)c2)c2cc(N(C(=O)O)C(C)(C)C(F)(F)F)ccc2O1)NS(C)(=O)=O. The highest BCUT2D eigenvalue weighted by Gasteiger charge is 2.54. The van der Waals surface area contributed by atoms with Crippen LogP contribution in [0.25, 0.3) is 0 Å². The molecule has 2 aromatic rings. The summed E-state index contributed by atoms with van der Waals surface area (Å²) in [5.74, 6) is -3.00. The molecule has 2 N–H and O–H groups in total. The number of sulfonamides is 2. The van der Waals surface area contributed by atoms with Crippen molar-refractivity contribution in [2.24, 2.45) is 0 Å². The number of hydrogen-bond donors (Lipinski definition) is 2. The van der Waals surface area contributed by atoms with E-state index in [1.165, 1.54) is 13.8 Å². The molecule has 0 fully saturated rings. The molecule has 0 aliphatic carbocycles. The van der Waals surface area contributed by atoms with Crippen molar-refractivity contribution in [2.45, 2.75) is 62.4 Å². The van der Waals surface area contributed by atoms with E-state index in [1.54, 1.807) is 0 Å². The number of ether oxygens (including phenoxy) is 1. The van der Waals surface area contributed by atoms with Crippen molar-refractivity contribution in [2.75, 3.05) is 22.0 Å². The van der Waals surface area contributed by atoms with Gasteiger partial charge in [-0.1, -0.05) is 0 Å². The summed E-state index contributed by atoms with van der Waals surface area (Å²) in [6.45, 7) is 3.73. The maximum atomic E-state index is 14.0. The number of amides is 1. The fraction of sp³-hybridized carbons (Fsp3) is 0.458. The van der Waals surface area contributed by atoms with Crippen LogP contribution in [0, 0.1) is 11.6 Å². The summed E-state index contributed by atoms with van der Waals surface area (Å²) in [7, 11) is -8.45. The van der Waals surface area contributed by atoms with Crippen LogP contribution in [0.3, 0.4) is 0 Å². The molecule has 0 saturated heterocycles. The molecule has 0 spiro atoms. The summed E-state index contributed by atoms with van der Waals surface area (Å²) in [5.41, 5.74) is -5.04. The summed E-state index contributed by atoms with van der Waals surface area (Å²) in [5, 5.41) is 9.68. The van der Waals surface area contributed by atoms with Gasteiger partial charge in [0.2, 0.25) is 10.0 Å². The quantitative estimate of drug-likeness (QED) is 0.412. The van der Waals surface area contributed by atoms with Crippen molar-refractivity contribution in [3.63, 3.8) is 0 Å². The van der Waals surface area contributed by atoms with Crippen molar-refractivity contribution in [3.8, 4) is 5.75 Å². The number of nitrogens with zero attached hydrogens (tertiary/aromatic N) is 2. The van der Waals surface area contributed by atoms with Gasteiger partial charge in [-0.15, -0.1) is 0 Å². The monoisotopic (exact) mass is 629 g/mol. The highest BCUT2D eigenvalue weighted by Crippen LogP contribution is 2.44. The predicted octanol–water partition coefficient (Wildman–Crippen LogP) is 4.46. The third-order valence-electron chi connectivity index (χ3n) is 6.26. The van der Waals surface area contributed by atoms with Crippen molar-refractivity contribution >= 4 is 37.5 Å². The van der Waals surface area contributed by atoms with E-state index in [0.717, 1.165) is 30.5 Å². The average Bonchev–Trinajstić information content (AvgIpc) is 2.77. The predicted molar refractivity (Wildman–Crippen MR) is 139 cm³/mol. The minimum atomic E-state index is -5.03. The van der Waals surface area contributed by atoms with Gasteiger partial charge in [-0.05, 0) is 64.1 Å². The van der Waals surface area contributed by atoms with Gasteiger partial charge in [0.25, 0.3) is 10.0 Å². The number of halogens is 5. The molecule has 17 heteroatoms. The van der Waals surface area contributed by atoms with Crippen LogP contribution in [0.4, 0.5) is 38.1 Å². The average molecular weight is 630 g/mol. The molecule has 41 heavy (non-hydrogen) atoms. The Balaban J connectivity index is 2.19. The van der Waals surface area contributed by atoms with E-state index < -0.39 is 78.3 Å². The second kappa shape index (κ2) is 10.6. The van der Waals surface area contributed by atoms with E-state index in [1.807, 2.05) is 0 Å². The molecule has 1 aliphatic rings. The van der Waals surface area contributed by atoms with Crippen LogP contribution in [0.5, 0.6) is 5.75 Å². The van der Waals surface area contributed by atoms with E-state index in [0.29, 0.717) is 30.3 Å². The maximum absolute atomic E-state index is 14.0. The second-order valence-electron chi connectivity index (χ2n) is 10.6. The molecule has 10 nitrogen and oxygen atoms in total. The Kier molecular flexibility index (Phi) is 8.34. The molecule has 2 aromatic carbocycles. The minimum absolute atomic E-state index is 0.0148. The summed E-state index contributed by atoms with van der Waals surface area (Å²) in [6.07, 6.45) is -7.24. The molecule has 0 radical (unpaired) electrons. The van der Waals surface area contributed by atoms with Crippen LogP contribution in [0.2, 0.25) is 0 Å². The molecule has 1 heterocycles. The molecule has 1 atom stereocenters. The summed E-state index contributed by atoms with van der Waals surface area (Å²) in [6, 6.07) is 4.71. The zero-order chi connectivity index (χ0) is 31.3. The molecule has 1 aliphatic heterocycles. The molecule has 0 bridgehead atoms. The normalized spacial score (nSPS) is 16.6. The van der Waals surface area contributed by atoms with E-state index >= 15 is 0 Å². The number of carboxylic acid groups (broad SMARTS) is 1. The van der Waals surface area contributed by atoms with E-state index in [2.05, 4.69) is 4.72 Å². The molecule has 1 unspecified atom stereocenters. The molecule has 228 valence electrons. The lowest BCUT2D eigenvalue weighted by molar-refractivity contribution is -0.175. The van der Waals surface area contributed by atoms with Crippen LogP contribution in [-0.4, -0.2) is 64.2 Å². The van der Waals surface area contributed by atoms with Crippen molar-refractivity contribution in [3.05, 3.63) is 48.0 Å². The van der Waals surface area contributed by atoms with E-state index in [4.69, 9.17) is 4.74 Å². The lowest BCUT2D eigenvalue weighted by Crippen LogP contribution is -2.57. The Hall–Kier alpha value is -3.18. The first-order valence-corrected chi connectivity index (χ1v) is 15.2. The topological polar surface area (TPSA) is 133 Å². The zero-order valence-electron chi connectivity index (χ0n) is 22.5. The van der Waals surface area contributed by atoms with Gasteiger partial charge < -0.3 is 9.84 Å². The van der Waals surface area contributed by atoms with Gasteiger partial charge in [0.05, 0.1) is 29.1 Å². The second-order valence-corrected chi connectivity index (χ2v) is 14.3. The van der Waals surface area contributed by atoms with Gasteiger partial charge in [0, 0.05) is 12.0 Å². The van der Waals surface area contributed by atoms with Crippen molar-refractivity contribution in [1.29, 1.82) is 0 Å². The molecule has 0 aromatic heterocycles. The molecular formula is C24H28F5N3O7S2. The number of benzene rings is 2. The fourth-order valence-corrected chi connectivity index (χ4v) is 7.05. The van der Waals surface area contributed by atoms with Gasteiger partial charge >= 0.3 is 12.3 Å². The number of nitrogens with one attached hydrogen (secondary N) is 1. The van der Waals surface area contributed by atoms with Crippen LogP contribution in [0.15, 0.2) is 41.3 Å². The number of fused-ring (bicyclic) bond motifs is 1. The third kappa shape index (κ3) is 6.83. The zero-order valence-corrected chi connectivity index (χ0v) is 24.1. The summed E-state index contributed by atoms with van der Waals surface area (Å²) < 4.78 is 129. The van der Waals surface area contributed by atoms with E-state index in [-0.39, 0.29) is 22.8 Å². The number of rotatable bonds is 8. The Morgan fingerprint density at radius 1 is 1.05 bits per heavy atom. The Morgan fingerprint density at radius 3 is 2.17 bits per heavy atom. The van der Waals surface area contributed by atoms with Gasteiger partial charge in [-0.25, -0.2) is 35.1 Å². The van der Waals surface area contributed by atoms with Gasteiger partial charge in [0.1, 0.15) is 17.4 Å². The number of anilines is 2. The first-order valence-electron chi connectivity index (χ1n) is 11.8. The van der Waals surface area contributed by atoms with Crippen molar-refractivity contribution in [1.82, 2.24) is 4.72 Å². The van der Waals surface area contributed by atoms with Crippen LogP contribution >= 0.6 is 0 Å². The summed E-state index contributed by atoms with van der Waals surface area (Å²) >= 11 is 0. The molecule has 0 saturated carbocycles. The number of hydrogen-bond acceptors (Lipinski definition) is 6. The molecule has 1 amide bonds. The Morgan fingerprint density at radius 2 is 1.66 bits per heavy atom. The highest BCUT2D eigenvalue weighted by molar-refractivity contribution is 7.92. The summed E-state index contributed by atoms with van der Waals surface area (Å²) in [4.78, 5) is 11.3. The number of carbonyl (C=O) groups is 1. The third-order valence-corrected chi connectivity index (χ3v) is 8.95. The smallest absolute Gasteiger partial charge is 0.412 e. The van der Waals surface area contributed by atoms with Gasteiger partial charge in [-0.2, -0.15) is 13.2 Å². The van der Waals surface area contributed by atoms with Crippen LogP contribution in [-0.2, 0) is 20.0 Å². The highest BCUT2D eigenvalue weighted by atomic mass is 32.2.